The zero-order chi connectivity index (χ0) is 12.5. The van der Waals surface area contributed by atoms with E-state index in [0.29, 0.717) is 13.2 Å². The third-order valence-electron chi connectivity index (χ3n) is 2.12. The van der Waals surface area contributed by atoms with Gasteiger partial charge in [0.2, 0.25) is 0 Å². The van der Waals surface area contributed by atoms with Gasteiger partial charge in [0, 0.05) is 24.4 Å². The van der Waals surface area contributed by atoms with Gasteiger partial charge in [0.05, 0.1) is 13.2 Å². The maximum atomic E-state index is 11.4. The van der Waals surface area contributed by atoms with Crippen LogP contribution in [-0.2, 0) is 11.3 Å². The van der Waals surface area contributed by atoms with Crippen LogP contribution in [0.5, 0.6) is 0 Å². The van der Waals surface area contributed by atoms with Gasteiger partial charge in [-0.15, -0.1) is 0 Å². The topological polar surface area (TPSA) is 70.6 Å². The van der Waals surface area contributed by atoms with Crippen molar-refractivity contribution >= 4 is 11.7 Å². The van der Waals surface area contributed by atoms with Gasteiger partial charge in [-0.3, -0.25) is 0 Å². The van der Waals surface area contributed by atoms with Gasteiger partial charge in [-0.1, -0.05) is 18.2 Å². The average molecular weight is 238 g/mol. The van der Waals surface area contributed by atoms with Gasteiger partial charge in [-0.25, -0.2) is 4.79 Å². The first-order chi connectivity index (χ1) is 8.27. The van der Waals surface area contributed by atoms with E-state index in [-0.39, 0.29) is 19.2 Å². The van der Waals surface area contributed by atoms with Crippen LogP contribution in [0.25, 0.3) is 0 Å². The molecule has 0 bridgehead atoms. The molecular weight excluding hydrogens is 220 g/mol. The Morgan fingerprint density at radius 2 is 2.18 bits per heavy atom. The third-order valence-corrected chi connectivity index (χ3v) is 2.12. The van der Waals surface area contributed by atoms with Crippen molar-refractivity contribution in [3.8, 4) is 0 Å². The highest BCUT2D eigenvalue weighted by Crippen LogP contribution is 2.15. The van der Waals surface area contributed by atoms with E-state index in [0.717, 1.165) is 11.3 Å². The summed E-state index contributed by atoms with van der Waals surface area (Å²) in [6, 6.07) is 7.12. The molecule has 0 aromatic heterocycles. The average Bonchev–Trinajstić information content (AvgIpc) is 2.35. The number of ether oxygens (including phenoxy) is 1. The molecule has 0 spiro atoms. The van der Waals surface area contributed by atoms with Gasteiger partial charge in [-0.2, -0.15) is 0 Å². The number of hydrogen-bond donors (Lipinski definition) is 3. The van der Waals surface area contributed by atoms with E-state index in [9.17, 15) is 4.79 Å². The molecule has 0 fully saturated rings. The molecule has 2 amide bonds. The number of aliphatic hydroxyl groups excluding tert-OH is 1. The number of aliphatic hydroxyl groups is 1. The van der Waals surface area contributed by atoms with Gasteiger partial charge < -0.3 is 20.5 Å². The predicted octanol–water partition coefficient (Wildman–Crippen LogP) is 1.34. The summed E-state index contributed by atoms with van der Waals surface area (Å²) in [5.74, 6) is 0. The molecular formula is C12H18N2O3. The van der Waals surface area contributed by atoms with Gasteiger partial charge in [0.1, 0.15) is 0 Å². The molecule has 0 saturated carbocycles. The van der Waals surface area contributed by atoms with Crippen LogP contribution >= 0.6 is 0 Å². The number of benzene rings is 1. The minimum atomic E-state index is -0.331. The highest BCUT2D eigenvalue weighted by molar-refractivity contribution is 5.90. The molecule has 0 aliphatic heterocycles. The standard InChI is InChI=1S/C12H18N2O3/c1-2-17-9-10-5-3-4-6-11(10)14-12(16)13-7-8-15/h3-6,15H,2,7-9H2,1H3,(H2,13,14,16). The lowest BCUT2D eigenvalue weighted by Crippen LogP contribution is -2.31. The SMILES string of the molecule is CCOCc1ccccc1NC(=O)NCCO. The Kier molecular flexibility index (Phi) is 6.06. The summed E-state index contributed by atoms with van der Waals surface area (Å²) >= 11 is 0. The van der Waals surface area contributed by atoms with Gasteiger partial charge in [0.15, 0.2) is 0 Å². The number of nitrogens with one attached hydrogen (secondary N) is 2. The summed E-state index contributed by atoms with van der Waals surface area (Å²) in [7, 11) is 0. The minimum absolute atomic E-state index is 0.0754. The highest BCUT2D eigenvalue weighted by Gasteiger charge is 2.05. The van der Waals surface area contributed by atoms with Crippen LogP contribution in [0.2, 0.25) is 0 Å². The third kappa shape index (κ3) is 4.84. The smallest absolute Gasteiger partial charge is 0.319 e. The zero-order valence-corrected chi connectivity index (χ0v) is 9.90. The molecule has 1 rings (SSSR count). The molecule has 1 aromatic carbocycles. The molecule has 0 aliphatic carbocycles. The molecule has 5 nitrogen and oxygen atoms in total. The van der Waals surface area contributed by atoms with E-state index in [1.165, 1.54) is 0 Å². The molecule has 0 atom stereocenters. The van der Waals surface area contributed by atoms with Crippen molar-refractivity contribution in [3.63, 3.8) is 0 Å². The number of rotatable bonds is 6. The lowest BCUT2D eigenvalue weighted by Gasteiger charge is -2.11. The summed E-state index contributed by atoms with van der Waals surface area (Å²) in [5.41, 5.74) is 1.64. The lowest BCUT2D eigenvalue weighted by molar-refractivity contribution is 0.134. The molecule has 94 valence electrons. The zero-order valence-electron chi connectivity index (χ0n) is 9.90. The lowest BCUT2D eigenvalue weighted by atomic mass is 10.2. The minimum Gasteiger partial charge on any atom is -0.395 e. The molecule has 0 saturated heterocycles. The Balaban J connectivity index is 2.59. The van der Waals surface area contributed by atoms with Crippen molar-refractivity contribution in [1.29, 1.82) is 0 Å². The first kappa shape index (κ1) is 13.5. The summed E-state index contributed by atoms with van der Waals surface area (Å²) in [4.78, 5) is 11.4. The Bertz CT molecular complexity index is 355. The number of hydrogen-bond acceptors (Lipinski definition) is 3. The quantitative estimate of drug-likeness (QED) is 0.700. The second kappa shape index (κ2) is 7.65. The monoisotopic (exact) mass is 238 g/mol. The molecule has 5 heteroatoms. The largest absolute Gasteiger partial charge is 0.395 e. The van der Waals surface area contributed by atoms with Crippen molar-refractivity contribution in [2.24, 2.45) is 0 Å². The van der Waals surface area contributed by atoms with Gasteiger partial charge >= 0.3 is 6.03 Å². The molecule has 0 unspecified atom stereocenters. The van der Waals surface area contributed by atoms with Crippen LogP contribution in [0.3, 0.4) is 0 Å². The fourth-order valence-corrected chi connectivity index (χ4v) is 1.32. The first-order valence-corrected chi connectivity index (χ1v) is 5.59. The fourth-order valence-electron chi connectivity index (χ4n) is 1.32. The van der Waals surface area contributed by atoms with E-state index in [1.54, 1.807) is 0 Å². The number of urea groups is 1. The summed E-state index contributed by atoms with van der Waals surface area (Å²) in [5, 5.41) is 13.8. The van der Waals surface area contributed by atoms with E-state index in [2.05, 4.69) is 10.6 Å². The number of amides is 2. The molecule has 0 heterocycles. The maximum Gasteiger partial charge on any atom is 0.319 e. The number of carbonyl (C=O) groups excluding carboxylic acids is 1. The van der Waals surface area contributed by atoms with E-state index in [1.807, 2.05) is 31.2 Å². The predicted molar refractivity (Wildman–Crippen MR) is 65.9 cm³/mol. The fraction of sp³-hybridized carbons (Fsp3) is 0.417. The second-order valence-electron chi connectivity index (χ2n) is 3.40. The second-order valence-corrected chi connectivity index (χ2v) is 3.40. The number of anilines is 1. The molecule has 1 aromatic rings. The van der Waals surface area contributed by atoms with Crippen LogP contribution in [0, 0.1) is 0 Å². The summed E-state index contributed by atoms with van der Waals surface area (Å²) in [6.45, 7) is 3.18. The van der Waals surface area contributed by atoms with E-state index >= 15 is 0 Å². The van der Waals surface area contributed by atoms with Crippen molar-refractivity contribution in [3.05, 3.63) is 29.8 Å². The van der Waals surface area contributed by atoms with Gasteiger partial charge in [0.25, 0.3) is 0 Å². The first-order valence-electron chi connectivity index (χ1n) is 5.59. The van der Waals surface area contributed by atoms with Crippen LogP contribution in [-0.4, -0.2) is 30.9 Å². The number of para-hydroxylation sites is 1. The van der Waals surface area contributed by atoms with Crippen molar-refractivity contribution in [2.45, 2.75) is 13.5 Å². The summed E-state index contributed by atoms with van der Waals surface area (Å²) < 4.78 is 5.31. The molecule has 0 aliphatic rings. The van der Waals surface area contributed by atoms with Crippen LogP contribution < -0.4 is 10.6 Å². The van der Waals surface area contributed by atoms with Crippen molar-refractivity contribution < 1.29 is 14.6 Å². The Morgan fingerprint density at radius 3 is 2.88 bits per heavy atom. The normalized spacial score (nSPS) is 10.0. The Morgan fingerprint density at radius 1 is 1.41 bits per heavy atom. The van der Waals surface area contributed by atoms with Crippen LogP contribution in [0.4, 0.5) is 10.5 Å². The number of carbonyl (C=O) groups is 1. The van der Waals surface area contributed by atoms with Gasteiger partial charge in [-0.05, 0) is 13.0 Å². The summed E-state index contributed by atoms with van der Waals surface area (Å²) in [6.07, 6.45) is 0. The van der Waals surface area contributed by atoms with Crippen LogP contribution in [0.15, 0.2) is 24.3 Å². The molecule has 17 heavy (non-hydrogen) atoms. The Labute approximate surface area is 101 Å². The van der Waals surface area contributed by atoms with Crippen LogP contribution in [0.1, 0.15) is 12.5 Å². The Hall–Kier alpha value is -1.59. The van der Waals surface area contributed by atoms with Crippen molar-refractivity contribution in [1.82, 2.24) is 5.32 Å². The highest BCUT2D eigenvalue weighted by atomic mass is 16.5. The molecule has 0 radical (unpaired) electrons. The van der Waals surface area contributed by atoms with E-state index < -0.39 is 0 Å². The van der Waals surface area contributed by atoms with E-state index in [4.69, 9.17) is 9.84 Å². The van der Waals surface area contributed by atoms with Crippen molar-refractivity contribution in [2.75, 3.05) is 25.1 Å². The maximum absolute atomic E-state index is 11.4. The molecule has 3 N–H and O–H groups in total.